The number of halogens is 1. The monoisotopic (exact) mass is 538 g/mol. The molecule has 2 aromatic carbocycles. The van der Waals surface area contributed by atoms with Gasteiger partial charge in [0.1, 0.15) is 23.2 Å². The highest BCUT2D eigenvalue weighted by molar-refractivity contribution is 5.91. The van der Waals surface area contributed by atoms with Crippen LogP contribution in [0.2, 0.25) is 0 Å². The van der Waals surface area contributed by atoms with E-state index in [1.54, 1.807) is 18.3 Å². The molecule has 1 aliphatic rings. The molecule has 0 atom stereocenters. The Kier molecular flexibility index (Phi) is 8.34. The number of aromatic nitrogens is 2. The molecule has 40 heavy (non-hydrogen) atoms. The highest BCUT2D eigenvalue weighted by Gasteiger charge is 2.30. The van der Waals surface area contributed by atoms with E-state index < -0.39 is 0 Å². The summed E-state index contributed by atoms with van der Waals surface area (Å²) in [7, 11) is 0. The molecule has 2 aromatic heterocycles. The number of ether oxygens (including phenoxy) is 1. The average Bonchev–Trinajstić information content (AvgIpc) is 2.95. The van der Waals surface area contributed by atoms with Crippen LogP contribution in [0.25, 0.3) is 11.1 Å². The third-order valence-electron chi connectivity index (χ3n) is 7.89. The first-order valence-electron chi connectivity index (χ1n) is 14.3. The summed E-state index contributed by atoms with van der Waals surface area (Å²) in [6, 6.07) is 20.7. The summed E-state index contributed by atoms with van der Waals surface area (Å²) >= 11 is 0. The maximum Gasteiger partial charge on any atom is 0.141 e. The number of aryl methyl sites for hydroxylation is 1. The highest BCUT2D eigenvalue weighted by Crippen LogP contribution is 2.44. The minimum atomic E-state index is -0.221. The van der Waals surface area contributed by atoms with Gasteiger partial charge in [-0.25, -0.2) is 14.4 Å². The molecule has 5 rings (SSSR count). The molecule has 0 unspecified atom stereocenters. The third-order valence-corrected chi connectivity index (χ3v) is 7.89. The van der Waals surface area contributed by atoms with Crippen molar-refractivity contribution in [3.8, 4) is 16.9 Å². The van der Waals surface area contributed by atoms with Gasteiger partial charge in [0, 0.05) is 37.0 Å². The zero-order valence-electron chi connectivity index (χ0n) is 24.0. The Labute approximate surface area is 237 Å². The van der Waals surface area contributed by atoms with Crippen molar-refractivity contribution in [2.75, 3.05) is 29.9 Å². The molecule has 1 saturated heterocycles. The predicted molar refractivity (Wildman–Crippen MR) is 162 cm³/mol. The molecule has 1 N–H and O–H groups in total. The maximum absolute atomic E-state index is 13.2. The van der Waals surface area contributed by atoms with Crippen LogP contribution in [-0.4, -0.2) is 29.7 Å². The van der Waals surface area contributed by atoms with E-state index in [4.69, 9.17) is 9.72 Å². The van der Waals surface area contributed by atoms with Crippen LogP contribution in [0.3, 0.4) is 0 Å². The highest BCUT2D eigenvalue weighted by atomic mass is 19.1. The standard InChI is InChI=1S/C34H39FN4O/c1-5-29-24(2)37-33(38-30-8-6-7-20-36-30)31(32(29)39-21-18-34(3,4)19-22-39)26-11-15-28(16-12-26)40-23-17-25-9-13-27(35)14-10-25/h6-16,20H,5,17-19,21-23H2,1-4H3,(H,36,37,38). The van der Waals surface area contributed by atoms with Crippen LogP contribution < -0.4 is 15.0 Å². The molecular formula is C34H39FN4O. The number of benzene rings is 2. The van der Waals surface area contributed by atoms with Gasteiger partial charge >= 0.3 is 0 Å². The minimum Gasteiger partial charge on any atom is -0.493 e. The lowest BCUT2D eigenvalue weighted by Gasteiger charge is -2.40. The second kappa shape index (κ2) is 12.1. The summed E-state index contributed by atoms with van der Waals surface area (Å²) in [5.41, 5.74) is 7.21. The van der Waals surface area contributed by atoms with E-state index in [0.717, 1.165) is 78.5 Å². The number of nitrogens with one attached hydrogen (secondary N) is 1. The SMILES string of the molecule is CCc1c(C)nc(Nc2ccccn2)c(-c2ccc(OCCc3ccc(F)cc3)cc2)c1N1CCC(C)(C)CC1. The van der Waals surface area contributed by atoms with Crippen LogP contribution in [0.5, 0.6) is 5.75 Å². The summed E-state index contributed by atoms with van der Waals surface area (Å²) in [6.07, 6.45) is 5.73. The quantitative estimate of drug-likeness (QED) is 0.233. The lowest BCUT2D eigenvalue weighted by Crippen LogP contribution is -2.38. The number of rotatable bonds is 9. The molecule has 0 bridgehead atoms. The van der Waals surface area contributed by atoms with Crippen LogP contribution in [0, 0.1) is 18.2 Å². The molecule has 6 heteroatoms. The Morgan fingerprint density at radius 3 is 2.35 bits per heavy atom. The second-order valence-corrected chi connectivity index (χ2v) is 11.3. The van der Waals surface area contributed by atoms with Crippen molar-refractivity contribution in [3.05, 3.63) is 95.6 Å². The van der Waals surface area contributed by atoms with Crippen molar-refractivity contribution < 1.29 is 9.13 Å². The van der Waals surface area contributed by atoms with Gasteiger partial charge in [-0.05, 0) is 84.7 Å². The molecule has 0 radical (unpaired) electrons. The Bertz CT molecular complexity index is 1410. The zero-order chi connectivity index (χ0) is 28.1. The van der Waals surface area contributed by atoms with Gasteiger partial charge in [-0.2, -0.15) is 0 Å². The molecule has 0 saturated carbocycles. The first-order chi connectivity index (χ1) is 19.3. The van der Waals surface area contributed by atoms with E-state index >= 15 is 0 Å². The molecule has 3 heterocycles. The van der Waals surface area contributed by atoms with E-state index in [9.17, 15) is 4.39 Å². The topological polar surface area (TPSA) is 50.3 Å². The van der Waals surface area contributed by atoms with E-state index in [1.807, 2.05) is 30.3 Å². The van der Waals surface area contributed by atoms with Crippen molar-refractivity contribution in [2.24, 2.45) is 5.41 Å². The summed E-state index contributed by atoms with van der Waals surface area (Å²) in [5.74, 6) is 2.17. The molecular weight excluding hydrogens is 499 g/mol. The molecule has 1 fully saturated rings. The molecule has 0 aliphatic carbocycles. The van der Waals surface area contributed by atoms with Crippen molar-refractivity contribution in [2.45, 2.75) is 53.4 Å². The van der Waals surface area contributed by atoms with Gasteiger partial charge in [0.2, 0.25) is 0 Å². The number of anilines is 3. The number of piperidine rings is 1. The van der Waals surface area contributed by atoms with Crippen molar-refractivity contribution in [3.63, 3.8) is 0 Å². The number of nitrogens with zero attached hydrogens (tertiary/aromatic N) is 3. The fourth-order valence-electron chi connectivity index (χ4n) is 5.41. The zero-order valence-corrected chi connectivity index (χ0v) is 24.0. The summed E-state index contributed by atoms with van der Waals surface area (Å²) < 4.78 is 19.3. The van der Waals surface area contributed by atoms with Crippen LogP contribution in [-0.2, 0) is 12.8 Å². The van der Waals surface area contributed by atoms with Crippen molar-refractivity contribution >= 4 is 17.3 Å². The van der Waals surface area contributed by atoms with Crippen LogP contribution in [0.4, 0.5) is 21.7 Å². The summed E-state index contributed by atoms with van der Waals surface area (Å²) in [4.78, 5) is 12.2. The van der Waals surface area contributed by atoms with Crippen LogP contribution in [0.15, 0.2) is 72.9 Å². The van der Waals surface area contributed by atoms with Crippen LogP contribution >= 0.6 is 0 Å². The van der Waals surface area contributed by atoms with E-state index in [0.29, 0.717) is 12.0 Å². The fraction of sp³-hybridized carbons (Fsp3) is 0.353. The van der Waals surface area contributed by atoms with Gasteiger partial charge < -0.3 is 15.0 Å². The minimum absolute atomic E-state index is 0.221. The van der Waals surface area contributed by atoms with Gasteiger partial charge in [-0.3, -0.25) is 0 Å². The van der Waals surface area contributed by atoms with Crippen molar-refractivity contribution in [1.82, 2.24) is 9.97 Å². The molecule has 0 spiro atoms. The van der Waals surface area contributed by atoms with E-state index in [1.165, 1.54) is 23.4 Å². The average molecular weight is 539 g/mol. The lowest BCUT2D eigenvalue weighted by molar-refractivity contribution is 0.279. The Balaban J connectivity index is 1.48. The summed E-state index contributed by atoms with van der Waals surface area (Å²) in [6.45, 7) is 11.6. The van der Waals surface area contributed by atoms with Gasteiger partial charge in [0.05, 0.1) is 12.3 Å². The van der Waals surface area contributed by atoms with Gasteiger partial charge in [-0.15, -0.1) is 0 Å². The first kappa shape index (κ1) is 27.6. The van der Waals surface area contributed by atoms with E-state index in [-0.39, 0.29) is 5.82 Å². The molecule has 5 nitrogen and oxygen atoms in total. The molecule has 0 amide bonds. The third kappa shape index (κ3) is 6.44. The number of pyridine rings is 2. The largest absolute Gasteiger partial charge is 0.493 e. The normalized spacial score (nSPS) is 14.7. The van der Waals surface area contributed by atoms with Gasteiger partial charge in [0.15, 0.2) is 0 Å². The Morgan fingerprint density at radius 1 is 0.975 bits per heavy atom. The van der Waals surface area contributed by atoms with Crippen molar-refractivity contribution in [1.29, 1.82) is 0 Å². The Hall–Kier alpha value is -3.93. The first-order valence-corrected chi connectivity index (χ1v) is 14.3. The van der Waals surface area contributed by atoms with E-state index in [2.05, 4.69) is 55.0 Å². The number of hydrogen-bond donors (Lipinski definition) is 1. The fourth-order valence-corrected chi connectivity index (χ4v) is 5.41. The smallest absolute Gasteiger partial charge is 0.141 e. The second-order valence-electron chi connectivity index (χ2n) is 11.3. The van der Waals surface area contributed by atoms with Crippen LogP contribution in [0.1, 0.15) is 50.4 Å². The molecule has 1 aliphatic heterocycles. The summed E-state index contributed by atoms with van der Waals surface area (Å²) in [5, 5.41) is 3.52. The van der Waals surface area contributed by atoms with Gasteiger partial charge in [0.25, 0.3) is 0 Å². The van der Waals surface area contributed by atoms with Gasteiger partial charge in [-0.1, -0.05) is 51.1 Å². The molecule has 208 valence electrons. The molecule has 4 aromatic rings. The number of hydrogen-bond acceptors (Lipinski definition) is 5. The lowest BCUT2D eigenvalue weighted by atomic mass is 9.82. The Morgan fingerprint density at radius 2 is 1.70 bits per heavy atom. The maximum atomic E-state index is 13.2. The predicted octanol–water partition coefficient (Wildman–Crippen LogP) is 8.15.